The summed E-state index contributed by atoms with van der Waals surface area (Å²) < 4.78 is 24.2. The van der Waals surface area contributed by atoms with E-state index >= 15 is 0 Å². The van der Waals surface area contributed by atoms with Gasteiger partial charge in [-0.25, -0.2) is 5.10 Å². The maximum atomic E-state index is 13.4. The van der Waals surface area contributed by atoms with Crippen molar-refractivity contribution in [1.82, 2.24) is 30.8 Å². The van der Waals surface area contributed by atoms with Crippen LogP contribution in [-0.2, 0) is 28.0 Å². The van der Waals surface area contributed by atoms with Crippen LogP contribution in [0.25, 0.3) is 0 Å². The molecule has 2 aliphatic rings. The smallest absolute Gasteiger partial charge is 0.543 e. The third kappa shape index (κ3) is 7.17. The van der Waals surface area contributed by atoms with E-state index in [9.17, 15) is 29.2 Å². The van der Waals surface area contributed by atoms with E-state index in [1.54, 1.807) is 44.2 Å². The molecule has 2 amide bonds. The summed E-state index contributed by atoms with van der Waals surface area (Å²) in [5.41, 5.74) is 0.212. The molecule has 1 aromatic heterocycles. The van der Waals surface area contributed by atoms with E-state index in [0.717, 1.165) is 16.7 Å². The number of thioether (sulfide) groups is 2. The summed E-state index contributed by atoms with van der Waals surface area (Å²) >= 11 is 2.23. The Bertz CT molecular complexity index is 1280. The van der Waals surface area contributed by atoms with Gasteiger partial charge in [0.15, 0.2) is 6.10 Å². The Morgan fingerprint density at radius 1 is 1.30 bits per heavy atom. The molecule has 14 nitrogen and oxygen atoms in total. The first kappa shape index (κ1) is 32.8. The number of nitrogens with one attached hydrogen (secondary N) is 2. The second-order valence-corrected chi connectivity index (χ2v) is 12.7. The Morgan fingerprint density at radius 2 is 1.98 bits per heavy atom. The number of carboxylic acid groups (broad SMARTS) is 1. The number of nitrogens with zero attached hydrogens (tertiary/aromatic N) is 4. The van der Waals surface area contributed by atoms with Crippen LogP contribution < -0.4 is 40.0 Å². The first-order valence-electron chi connectivity index (χ1n) is 11.9. The molecule has 0 saturated carbocycles. The number of aromatic nitrogens is 4. The molecular formula is C22H26N6NaO8PS2. The number of aromatic amines is 1. The zero-order chi connectivity index (χ0) is 28.2. The number of amides is 2. The summed E-state index contributed by atoms with van der Waals surface area (Å²) in [6.07, 6.45) is -1.72. The van der Waals surface area contributed by atoms with E-state index < -0.39 is 48.1 Å². The molecular weight excluding hydrogens is 594 g/mol. The van der Waals surface area contributed by atoms with Gasteiger partial charge in [-0.05, 0) is 35.4 Å². The molecule has 3 N–H and O–H groups in total. The molecule has 210 valence electrons. The van der Waals surface area contributed by atoms with Crippen LogP contribution >= 0.6 is 31.1 Å². The third-order valence-electron chi connectivity index (χ3n) is 5.86. The van der Waals surface area contributed by atoms with E-state index in [2.05, 4.69) is 25.9 Å². The molecule has 3 heterocycles. The number of aliphatic hydroxyl groups is 1. The number of carboxylic acids is 1. The van der Waals surface area contributed by atoms with Gasteiger partial charge in [-0.15, -0.1) is 16.9 Å². The van der Waals surface area contributed by atoms with Crippen molar-refractivity contribution in [3.63, 3.8) is 0 Å². The number of hydrogen-bond donors (Lipinski definition) is 3. The Balaban J connectivity index is 0.00000441. The SMILES string of the molecule is CCOP(=O)(CC(Sc1nnn[nH]1)C1=C(C(=O)[O-])N2C(=O)[C@@H](NC(=O)C(O)c3ccccc3)[C@@H]2SC1)OCC.[Na+]. The third-order valence-corrected chi connectivity index (χ3v) is 10.7. The molecule has 2 aromatic rings. The van der Waals surface area contributed by atoms with Crippen molar-refractivity contribution in [3.8, 4) is 0 Å². The summed E-state index contributed by atoms with van der Waals surface area (Å²) in [4.78, 5) is 39.2. The van der Waals surface area contributed by atoms with Gasteiger partial charge in [0.25, 0.3) is 11.8 Å². The monoisotopic (exact) mass is 620 g/mol. The minimum Gasteiger partial charge on any atom is -0.543 e. The fraction of sp³-hybridized carbons (Fsp3) is 0.455. The quantitative estimate of drug-likeness (QED) is 0.0891. The van der Waals surface area contributed by atoms with Gasteiger partial charge in [-0.1, -0.05) is 42.1 Å². The molecule has 0 spiro atoms. The summed E-state index contributed by atoms with van der Waals surface area (Å²) in [5, 5.41) is 37.3. The molecule has 2 unspecified atom stereocenters. The Labute approximate surface area is 260 Å². The van der Waals surface area contributed by atoms with E-state index in [1.165, 1.54) is 11.8 Å². The first-order valence-corrected chi connectivity index (χ1v) is 15.6. The molecule has 18 heteroatoms. The van der Waals surface area contributed by atoms with E-state index in [0.29, 0.717) is 5.56 Å². The van der Waals surface area contributed by atoms with Gasteiger partial charge in [-0.2, -0.15) is 0 Å². The summed E-state index contributed by atoms with van der Waals surface area (Å²) in [7, 11) is -3.67. The molecule has 0 aliphatic carbocycles. The van der Waals surface area contributed by atoms with Crippen LogP contribution in [0.15, 0.2) is 46.8 Å². The van der Waals surface area contributed by atoms with Crippen LogP contribution in [0, 0.1) is 0 Å². The molecule has 4 rings (SSSR count). The number of carbonyl (C=O) groups excluding carboxylic acids is 3. The van der Waals surface area contributed by atoms with Gasteiger partial charge in [0.1, 0.15) is 11.4 Å². The molecule has 0 bridgehead atoms. The summed E-state index contributed by atoms with van der Waals surface area (Å²) in [6, 6.07) is 7.15. The minimum absolute atomic E-state index is 0. The molecule has 1 aromatic carbocycles. The molecule has 4 atom stereocenters. The van der Waals surface area contributed by atoms with Gasteiger partial charge < -0.3 is 29.4 Å². The van der Waals surface area contributed by atoms with Gasteiger partial charge >= 0.3 is 37.2 Å². The minimum atomic E-state index is -3.67. The van der Waals surface area contributed by atoms with E-state index in [-0.39, 0.29) is 71.1 Å². The topological polar surface area (TPSA) is 200 Å². The molecule has 1 fully saturated rings. The van der Waals surface area contributed by atoms with Crippen molar-refractivity contribution < 1.29 is 67.8 Å². The van der Waals surface area contributed by atoms with E-state index in [4.69, 9.17) is 9.05 Å². The second-order valence-electron chi connectivity index (χ2n) is 8.31. The number of carbonyl (C=O) groups is 3. The van der Waals surface area contributed by atoms with Crippen LogP contribution in [0.2, 0.25) is 0 Å². The van der Waals surface area contributed by atoms with Crippen molar-refractivity contribution >= 4 is 48.9 Å². The van der Waals surface area contributed by atoms with Gasteiger partial charge in [0.05, 0.1) is 31.0 Å². The summed E-state index contributed by atoms with van der Waals surface area (Å²) in [5.74, 6) is -2.98. The number of rotatable bonds is 13. The average Bonchev–Trinajstić information content (AvgIpc) is 3.43. The maximum Gasteiger partial charge on any atom is 1.00 e. The number of aliphatic hydroxyl groups excluding tert-OH is 1. The zero-order valence-electron chi connectivity index (χ0n) is 21.9. The second kappa shape index (κ2) is 14.4. The standard InChI is InChI=1S/C22H27N6O8PS2.Na/c1-3-35-37(34,36-4-2)10-14(39-22-24-26-27-25-22)13-11-38-20-15(19(31)28(20)16(13)21(32)33)23-18(30)17(29)12-8-6-5-7-9-12;/h5-9,14-15,17,20,29H,3-4,10-11H2,1-2H3,(H,23,30)(H,32,33)(H,24,25,26,27);/q;+1/p-1/t14?,15-,17?,20+;/m1./s1. The average molecular weight is 621 g/mol. The fourth-order valence-electron chi connectivity index (χ4n) is 4.19. The van der Waals surface area contributed by atoms with Crippen LogP contribution in [0.4, 0.5) is 0 Å². The maximum absolute atomic E-state index is 13.4. The molecule has 1 saturated heterocycles. The van der Waals surface area contributed by atoms with Gasteiger partial charge in [0, 0.05) is 11.0 Å². The van der Waals surface area contributed by atoms with Crippen molar-refractivity contribution in [3.05, 3.63) is 47.2 Å². The number of fused-ring (bicyclic) bond motifs is 1. The molecule has 40 heavy (non-hydrogen) atoms. The van der Waals surface area contributed by atoms with E-state index in [1.807, 2.05) is 0 Å². The van der Waals surface area contributed by atoms with Crippen molar-refractivity contribution in [1.29, 1.82) is 0 Å². The van der Waals surface area contributed by atoms with Crippen molar-refractivity contribution in [2.45, 2.75) is 41.8 Å². The van der Waals surface area contributed by atoms with Gasteiger partial charge in [0.2, 0.25) is 5.16 Å². The number of hydrogen-bond acceptors (Lipinski definition) is 13. The number of H-pyrrole nitrogens is 1. The first-order chi connectivity index (χ1) is 18.7. The number of tetrazole rings is 1. The van der Waals surface area contributed by atoms with Crippen LogP contribution in [0.3, 0.4) is 0 Å². The Kier molecular flexibility index (Phi) is 11.8. The predicted molar refractivity (Wildman–Crippen MR) is 138 cm³/mol. The number of benzene rings is 1. The molecule has 0 radical (unpaired) electrons. The van der Waals surface area contributed by atoms with Crippen LogP contribution in [0.1, 0.15) is 25.5 Å². The fourth-order valence-corrected chi connectivity index (χ4v) is 9.05. The number of aliphatic carboxylic acids is 1. The van der Waals surface area contributed by atoms with Crippen molar-refractivity contribution in [2.24, 2.45) is 0 Å². The molecule has 2 aliphatic heterocycles. The van der Waals surface area contributed by atoms with Crippen LogP contribution in [-0.4, -0.2) is 90.2 Å². The summed E-state index contributed by atoms with van der Waals surface area (Å²) in [6.45, 7) is 3.51. The Morgan fingerprint density at radius 3 is 2.55 bits per heavy atom. The predicted octanol–water partition coefficient (Wildman–Crippen LogP) is -2.93. The number of β-lactam (4-membered cyclic amide) rings is 1. The van der Waals surface area contributed by atoms with Crippen LogP contribution in [0.5, 0.6) is 0 Å². The van der Waals surface area contributed by atoms with Gasteiger partial charge in [-0.3, -0.25) is 19.1 Å². The normalized spacial score (nSPS) is 20.2. The largest absolute Gasteiger partial charge is 1.00 e. The van der Waals surface area contributed by atoms with Crippen molar-refractivity contribution in [2.75, 3.05) is 25.1 Å². The zero-order valence-corrected chi connectivity index (χ0v) is 26.4. The Hall–Kier alpha value is -1.75.